The van der Waals surface area contributed by atoms with Crippen LogP contribution in [0.1, 0.15) is 17.0 Å². The van der Waals surface area contributed by atoms with Gasteiger partial charge in [0.2, 0.25) is 0 Å². The Labute approximate surface area is 146 Å². The minimum atomic E-state index is 0.240. The van der Waals surface area contributed by atoms with Gasteiger partial charge in [-0.15, -0.1) is 0 Å². The number of benzene rings is 2. The quantitative estimate of drug-likeness (QED) is 0.608. The summed E-state index contributed by atoms with van der Waals surface area (Å²) in [6.45, 7) is 0.745. The van der Waals surface area contributed by atoms with Crippen LogP contribution in [0.2, 0.25) is 0 Å². The van der Waals surface area contributed by atoms with Gasteiger partial charge in [-0.1, -0.05) is 60.7 Å². The van der Waals surface area contributed by atoms with Crippen molar-refractivity contribution in [2.75, 3.05) is 11.9 Å². The number of aromatic nitrogens is 4. The van der Waals surface area contributed by atoms with Crippen LogP contribution in [0.15, 0.2) is 73.2 Å². The van der Waals surface area contributed by atoms with E-state index in [9.17, 15) is 0 Å². The highest BCUT2D eigenvalue weighted by Crippen LogP contribution is 2.26. The molecule has 4 aromatic rings. The van der Waals surface area contributed by atoms with Gasteiger partial charge in [-0.2, -0.15) is 5.10 Å². The summed E-state index contributed by atoms with van der Waals surface area (Å²) < 4.78 is 1.76. The van der Waals surface area contributed by atoms with E-state index in [1.165, 1.54) is 11.1 Å². The summed E-state index contributed by atoms with van der Waals surface area (Å²) in [7, 11) is 1.88. The Bertz CT molecular complexity index is 924. The van der Waals surface area contributed by atoms with Crippen molar-refractivity contribution in [1.82, 2.24) is 19.7 Å². The number of nitrogens with zero attached hydrogens (tertiary/aromatic N) is 4. The van der Waals surface area contributed by atoms with Crippen molar-refractivity contribution >= 4 is 16.9 Å². The second kappa shape index (κ2) is 6.73. The average Bonchev–Trinajstić information content (AvgIpc) is 3.06. The first-order valence-electron chi connectivity index (χ1n) is 8.29. The van der Waals surface area contributed by atoms with Gasteiger partial charge in [-0.05, 0) is 11.1 Å². The molecule has 0 atom stereocenters. The molecule has 0 spiro atoms. The molecule has 0 unspecified atom stereocenters. The van der Waals surface area contributed by atoms with Crippen molar-refractivity contribution in [2.24, 2.45) is 7.05 Å². The molecule has 0 aliphatic rings. The third-order valence-corrected chi connectivity index (χ3v) is 4.41. The van der Waals surface area contributed by atoms with Gasteiger partial charge in [0.05, 0.1) is 11.6 Å². The van der Waals surface area contributed by atoms with Gasteiger partial charge in [-0.25, -0.2) is 9.97 Å². The Kier molecular flexibility index (Phi) is 4.12. The molecule has 0 amide bonds. The SMILES string of the molecule is Cn1ncc2c(NCC(c3ccccc3)c3ccccc3)ncnc21. The molecule has 5 heteroatoms. The third kappa shape index (κ3) is 3.08. The Morgan fingerprint density at radius 2 is 1.56 bits per heavy atom. The van der Waals surface area contributed by atoms with Crippen LogP contribution in [-0.2, 0) is 7.05 Å². The molecular weight excluding hydrogens is 310 g/mol. The molecule has 0 radical (unpaired) electrons. The standard InChI is InChI=1S/C20H19N5/c1-25-20-18(13-24-25)19(22-14-23-20)21-12-17(15-8-4-2-5-9-15)16-10-6-3-7-11-16/h2-11,13-14,17H,12H2,1H3,(H,21,22,23). The second-order valence-electron chi connectivity index (χ2n) is 5.98. The molecule has 0 aliphatic carbocycles. The number of hydrogen-bond donors (Lipinski definition) is 1. The van der Waals surface area contributed by atoms with Gasteiger partial charge in [-0.3, -0.25) is 4.68 Å². The van der Waals surface area contributed by atoms with Crippen LogP contribution in [0.3, 0.4) is 0 Å². The van der Waals surface area contributed by atoms with Crippen molar-refractivity contribution in [1.29, 1.82) is 0 Å². The van der Waals surface area contributed by atoms with Crippen LogP contribution in [0.25, 0.3) is 11.0 Å². The van der Waals surface area contributed by atoms with E-state index in [0.717, 1.165) is 23.4 Å². The summed E-state index contributed by atoms with van der Waals surface area (Å²) in [5, 5.41) is 8.70. The number of anilines is 1. The zero-order chi connectivity index (χ0) is 17.1. The zero-order valence-corrected chi connectivity index (χ0v) is 14.0. The van der Waals surface area contributed by atoms with Crippen molar-refractivity contribution in [2.45, 2.75) is 5.92 Å². The minimum absolute atomic E-state index is 0.240. The predicted octanol–water partition coefficient (Wildman–Crippen LogP) is 3.61. The largest absolute Gasteiger partial charge is 0.368 e. The topological polar surface area (TPSA) is 55.6 Å². The molecule has 0 saturated carbocycles. The van der Waals surface area contributed by atoms with E-state index >= 15 is 0 Å². The van der Waals surface area contributed by atoms with Crippen LogP contribution in [0, 0.1) is 0 Å². The van der Waals surface area contributed by atoms with Crippen molar-refractivity contribution < 1.29 is 0 Å². The molecule has 25 heavy (non-hydrogen) atoms. The molecule has 0 aliphatic heterocycles. The van der Waals surface area contributed by atoms with E-state index in [2.05, 4.69) is 68.9 Å². The third-order valence-electron chi connectivity index (χ3n) is 4.41. The molecule has 1 N–H and O–H groups in total. The predicted molar refractivity (Wildman–Crippen MR) is 99.5 cm³/mol. The van der Waals surface area contributed by atoms with Gasteiger partial charge >= 0.3 is 0 Å². The lowest BCUT2D eigenvalue weighted by Crippen LogP contribution is -2.15. The molecule has 2 aromatic heterocycles. The van der Waals surface area contributed by atoms with Crippen molar-refractivity contribution in [3.8, 4) is 0 Å². The van der Waals surface area contributed by atoms with Crippen molar-refractivity contribution in [3.63, 3.8) is 0 Å². The molecule has 2 heterocycles. The maximum absolute atomic E-state index is 4.40. The number of rotatable bonds is 5. The van der Waals surface area contributed by atoms with Gasteiger partial charge < -0.3 is 5.32 Å². The van der Waals surface area contributed by atoms with E-state index in [-0.39, 0.29) is 5.92 Å². The highest BCUT2D eigenvalue weighted by Gasteiger charge is 2.15. The zero-order valence-electron chi connectivity index (χ0n) is 14.0. The van der Waals surface area contributed by atoms with E-state index in [0.29, 0.717) is 0 Å². The van der Waals surface area contributed by atoms with Gasteiger partial charge in [0.1, 0.15) is 12.1 Å². The van der Waals surface area contributed by atoms with E-state index in [1.807, 2.05) is 19.2 Å². The summed E-state index contributed by atoms with van der Waals surface area (Å²) in [5.74, 6) is 1.05. The lowest BCUT2D eigenvalue weighted by atomic mass is 9.91. The number of aryl methyl sites for hydroxylation is 1. The molecule has 0 saturated heterocycles. The fraction of sp³-hybridized carbons (Fsp3) is 0.150. The van der Waals surface area contributed by atoms with E-state index in [1.54, 1.807) is 17.2 Å². The molecule has 2 aromatic carbocycles. The Balaban J connectivity index is 1.65. The smallest absolute Gasteiger partial charge is 0.163 e. The van der Waals surface area contributed by atoms with Crippen LogP contribution in [0.4, 0.5) is 5.82 Å². The molecular formula is C20H19N5. The Morgan fingerprint density at radius 1 is 0.920 bits per heavy atom. The first-order valence-corrected chi connectivity index (χ1v) is 8.29. The molecule has 0 fully saturated rings. The van der Waals surface area contributed by atoms with Crippen LogP contribution < -0.4 is 5.32 Å². The van der Waals surface area contributed by atoms with Crippen LogP contribution >= 0.6 is 0 Å². The van der Waals surface area contributed by atoms with Gasteiger partial charge in [0, 0.05) is 19.5 Å². The number of hydrogen-bond acceptors (Lipinski definition) is 4. The van der Waals surface area contributed by atoms with Gasteiger partial charge in [0.15, 0.2) is 5.65 Å². The number of fused-ring (bicyclic) bond motifs is 1. The first-order chi connectivity index (χ1) is 12.3. The average molecular weight is 329 g/mol. The lowest BCUT2D eigenvalue weighted by molar-refractivity contribution is 0.785. The Morgan fingerprint density at radius 3 is 2.20 bits per heavy atom. The Hall–Kier alpha value is -3.21. The maximum Gasteiger partial charge on any atom is 0.163 e. The van der Waals surface area contributed by atoms with Crippen LogP contribution in [-0.4, -0.2) is 26.3 Å². The summed E-state index contributed by atoms with van der Waals surface area (Å²) in [5.41, 5.74) is 3.38. The van der Waals surface area contributed by atoms with Crippen molar-refractivity contribution in [3.05, 3.63) is 84.3 Å². The fourth-order valence-electron chi connectivity index (χ4n) is 3.10. The summed E-state index contributed by atoms with van der Waals surface area (Å²) in [6.07, 6.45) is 3.38. The van der Waals surface area contributed by atoms with E-state index < -0.39 is 0 Å². The molecule has 5 nitrogen and oxygen atoms in total. The van der Waals surface area contributed by atoms with Crippen LogP contribution in [0.5, 0.6) is 0 Å². The molecule has 124 valence electrons. The molecule has 4 rings (SSSR count). The number of nitrogens with one attached hydrogen (secondary N) is 1. The first kappa shape index (κ1) is 15.3. The monoisotopic (exact) mass is 329 g/mol. The highest BCUT2D eigenvalue weighted by molar-refractivity contribution is 5.86. The summed E-state index contributed by atoms with van der Waals surface area (Å²) in [6, 6.07) is 21.1. The second-order valence-corrected chi connectivity index (χ2v) is 5.98. The minimum Gasteiger partial charge on any atom is -0.368 e. The normalized spacial score (nSPS) is 11.1. The van der Waals surface area contributed by atoms with E-state index in [4.69, 9.17) is 0 Å². The maximum atomic E-state index is 4.40. The lowest BCUT2D eigenvalue weighted by Gasteiger charge is -2.19. The summed E-state index contributed by atoms with van der Waals surface area (Å²) in [4.78, 5) is 8.70. The highest BCUT2D eigenvalue weighted by atomic mass is 15.3. The molecule has 0 bridgehead atoms. The fourth-order valence-corrected chi connectivity index (χ4v) is 3.10. The summed E-state index contributed by atoms with van der Waals surface area (Å²) >= 11 is 0. The van der Waals surface area contributed by atoms with Gasteiger partial charge in [0.25, 0.3) is 0 Å².